The third kappa shape index (κ3) is 18.5. The fraction of sp³-hybridized carbons (Fsp3) is 0.667. The molecule has 0 aliphatic heterocycles. The lowest BCUT2D eigenvalue weighted by Gasteiger charge is -2.22. The van der Waals surface area contributed by atoms with Gasteiger partial charge in [0.15, 0.2) is 25.2 Å². The van der Waals surface area contributed by atoms with Gasteiger partial charge in [-0.3, -0.25) is 0 Å². The highest BCUT2D eigenvalue weighted by Gasteiger charge is 2.24. The van der Waals surface area contributed by atoms with Gasteiger partial charge in [-0.05, 0) is 88.8 Å². The van der Waals surface area contributed by atoms with Gasteiger partial charge < -0.3 is 18.9 Å². The first-order valence-electron chi connectivity index (χ1n) is 17.0. The highest BCUT2D eigenvalue weighted by molar-refractivity contribution is 7.81. The Morgan fingerprint density at radius 3 is 1.18 bits per heavy atom. The van der Waals surface area contributed by atoms with Crippen molar-refractivity contribution in [3.63, 3.8) is 0 Å². The van der Waals surface area contributed by atoms with Crippen LogP contribution in [0.25, 0.3) is 0 Å². The predicted octanol–water partition coefficient (Wildman–Crippen LogP) is 9.65. The first kappa shape index (κ1) is 39.0. The van der Waals surface area contributed by atoms with Gasteiger partial charge in [-0.15, -0.1) is 0 Å². The van der Waals surface area contributed by atoms with E-state index in [1.165, 1.54) is 102 Å². The van der Waals surface area contributed by atoms with Gasteiger partial charge in [-0.1, -0.05) is 102 Å². The van der Waals surface area contributed by atoms with Crippen LogP contribution in [0.3, 0.4) is 0 Å². The van der Waals surface area contributed by atoms with E-state index in [-0.39, 0.29) is 0 Å². The van der Waals surface area contributed by atoms with Crippen molar-refractivity contribution in [3.05, 3.63) is 59.7 Å². The van der Waals surface area contributed by atoms with Crippen molar-refractivity contribution in [2.45, 2.75) is 157 Å². The van der Waals surface area contributed by atoms with Gasteiger partial charge >= 0.3 is 10.4 Å². The minimum absolute atomic E-state index is 0.629. The van der Waals surface area contributed by atoms with E-state index < -0.39 is 35.6 Å². The first-order chi connectivity index (χ1) is 21.6. The third-order valence-electron chi connectivity index (χ3n) is 7.36. The molecular weight excluding hydrogens is 592 g/mol. The predicted molar refractivity (Wildman–Crippen MR) is 179 cm³/mol. The number of hydrogen-bond acceptors (Lipinski definition) is 8. The minimum atomic E-state index is -4.42. The van der Waals surface area contributed by atoms with Crippen LogP contribution in [0.1, 0.15) is 130 Å². The first-order valence-corrected chi connectivity index (χ1v) is 18.4. The maximum absolute atomic E-state index is 12.4. The van der Waals surface area contributed by atoms with Crippen LogP contribution in [-0.2, 0) is 41.1 Å². The zero-order valence-electron chi connectivity index (χ0n) is 28.5. The van der Waals surface area contributed by atoms with Crippen LogP contribution in [-0.4, -0.2) is 33.6 Å². The summed E-state index contributed by atoms with van der Waals surface area (Å²) < 4.78 is 57.6. The number of benzene rings is 2. The smallest absolute Gasteiger partial charge is 0.404 e. The van der Waals surface area contributed by atoms with Crippen LogP contribution in [0.15, 0.2) is 48.5 Å². The van der Waals surface area contributed by atoms with Crippen molar-refractivity contribution in [3.8, 4) is 11.5 Å². The average molecular weight is 651 g/mol. The van der Waals surface area contributed by atoms with Crippen molar-refractivity contribution in [2.24, 2.45) is 0 Å². The SMILES string of the molecule is CCCCCCCCc1ccc(OC(C)OC(C)OS(=O)(=O)OC(C)OC(C)Oc2ccc(CCCCCCCC)cc2)cc1. The Balaban J connectivity index is 1.66. The molecule has 0 spiro atoms. The second-order valence-electron chi connectivity index (χ2n) is 11.7. The van der Waals surface area contributed by atoms with Crippen LogP contribution >= 0.6 is 0 Å². The van der Waals surface area contributed by atoms with Crippen molar-refractivity contribution in [1.82, 2.24) is 0 Å². The summed E-state index contributed by atoms with van der Waals surface area (Å²) in [5.41, 5.74) is 2.53. The van der Waals surface area contributed by atoms with E-state index in [0.29, 0.717) is 11.5 Å². The molecule has 256 valence electrons. The van der Waals surface area contributed by atoms with Gasteiger partial charge in [0.1, 0.15) is 11.5 Å². The summed E-state index contributed by atoms with van der Waals surface area (Å²) in [4.78, 5) is 0. The van der Waals surface area contributed by atoms with Crippen LogP contribution in [0.2, 0.25) is 0 Å². The number of rotatable bonds is 26. The number of unbranched alkanes of at least 4 members (excludes halogenated alkanes) is 10. The summed E-state index contributed by atoms with van der Waals surface area (Å²) in [7, 11) is -4.42. The largest absolute Gasteiger partial charge is 0.465 e. The number of hydrogen-bond donors (Lipinski definition) is 0. The monoisotopic (exact) mass is 650 g/mol. The molecule has 0 radical (unpaired) electrons. The maximum atomic E-state index is 12.4. The van der Waals surface area contributed by atoms with Crippen molar-refractivity contribution < 1.29 is 35.7 Å². The maximum Gasteiger partial charge on any atom is 0.404 e. The molecule has 0 aliphatic rings. The van der Waals surface area contributed by atoms with Crippen LogP contribution in [0.5, 0.6) is 11.5 Å². The Hall–Kier alpha value is -2.17. The molecule has 2 aromatic rings. The van der Waals surface area contributed by atoms with Crippen LogP contribution in [0, 0.1) is 0 Å². The zero-order valence-corrected chi connectivity index (χ0v) is 29.3. The fourth-order valence-corrected chi connectivity index (χ4v) is 5.87. The molecule has 0 amide bonds. The lowest BCUT2D eigenvalue weighted by atomic mass is 10.0. The topological polar surface area (TPSA) is 89.5 Å². The standard InChI is InChI=1S/C36H58O8S/c1-7-9-11-13-15-17-19-33-21-25-35(26-22-33)41-29(3)39-31(5)43-45(37,38)44-32(6)40-30(4)42-36-27-23-34(24-28-36)20-18-16-14-12-10-8-2/h21-32H,7-20H2,1-6H3. The van der Waals surface area contributed by atoms with E-state index >= 15 is 0 Å². The molecule has 0 bridgehead atoms. The van der Waals surface area contributed by atoms with E-state index in [4.69, 9.17) is 27.3 Å². The molecule has 9 heteroatoms. The lowest BCUT2D eigenvalue weighted by Crippen LogP contribution is -2.31. The van der Waals surface area contributed by atoms with Gasteiger partial charge in [0.05, 0.1) is 0 Å². The summed E-state index contributed by atoms with van der Waals surface area (Å²) in [5.74, 6) is 1.26. The fourth-order valence-electron chi connectivity index (χ4n) is 5.07. The molecule has 0 N–H and O–H groups in total. The van der Waals surface area contributed by atoms with Crippen molar-refractivity contribution in [2.75, 3.05) is 0 Å². The molecule has 0 aromatic heterocycles. The average Bonchev–Trinajstić information content (AvgIpc) is 2.97. The lowest BCUT2D eigenvalue weighted by molar-refractivity contribution is -0.186. The van der Waals surface area contributed by atoms with Crippen molar-refractivity contribution in [1.29, 1.82) is 0 Å². The molecule has 8 nitrogen and oxygen atoms in total. The summed E-state index contributed by atoms with van der Waals surface area (Å²) in [6, 6.07) is 15.8. The van der Waals surface area contributed by atoms with Gasteiger partial charge in [0.2, 0.25) is 0 Å². The molecular formula is C36H58O8S. The van der Waals surface area contributed by atoms with Gasteiger partial charge in [0, 0.05) is 0 Å². The van der Waals surface area contributed by atoms with E-state index in [0.717, 1.165) is 12.8 Å². The molecule has 0 fully saturated rings. The molecule has 2 rings (SSSR count). The molecule has 0 saturated carbocycles. The molecule has 0 aliphatic carbocycles. The highest BCUT2D eigenvalue weighted by Crippen LogP contribution is 2.20. The third-order valence-corrected chi connectivity index (χ3v) is 8.38. The van der Waals surface area contributed by atoms with E-state index in [2.05, 4.69) is 13.8 Å². The number of ether oxygens (including phenoxy) is 4. The van der Waals surface area contributed by atoms with Gasteiger partial charge in [-0.2, -0.15) is 8.42 Å². The van der Waals surface area contributed by atoms with E-state index in [1.54, 1.807) is 13.8 Å². The summed E-state index contributed by atoms with van der Waals surface area (Å²) in [6.45, 7) is 10.7. The minimum Gasteiger partial charge on any atom is -0.465 e. The normalized spacial score (nSPS) is 14.5. The molecule has 0 heterocycles. The zero-order chi connectivity index (χ0) is 32.9. The quantitative estimate of drug-likeness (QED) is 0.0734. The van der Waals surface area contributed by atoms with Gasteiger partial charge in [0.25, 0.3) is 0 Å². The Morgan fingerprint density at radius 1 is 0.489 bits per heavy atom. The number of aryl methyl sites for hydroxylation is 2. The second kappa shape index (κ2) is 22.4. The van der Waals surface area contributed by atoms with Crippen LogP contribution < -0.4 is 9.47 Å². The summed E-state index contributed by atoms with van der Waals surface area (Å²) in [5, 5.41) is 0. The van der Waals surface area contributed by atoms with E-state index in [9.17, 15) is 8.42 Å². The molecule has 0 saturated heterocycles. The Bertz CT molecular complexity index is 1040. The Kier molecular flexibility index (Phi) is 19.4. The highest BCUT2D eigenvalue weighted by atomic mass is 32.3. The Labute approximate surface area is 273 Å². The molecule has 2 aromatic carbocycles. The molecule has 4 atom stereocenters. The van der Waals surface area contributed by atoms with Gasteiger partial charge in [-0.25, -0.2) is 8.37 Å². The molecule has 4 unspecified atom stereocenters. The molecule has 45 heavy (non-hydrogen) atoms. The second-order valence-corrected chi connectivity index (χ2v) is 12.9. The van der Waals surface area contributed by atoms with Crippen LogP contribution in [0.4, 0.5) is 0 Å². The van der Waals surface area contributed by atoms with Crippen molar-refractivity contribution >= 4 is 10.4 Å². The Morgan fingerprint density at radius 2 is 0.822 bits per heavy atom. The summed E-state index contributed by atoms with van der Waals surface area (Å²) >= 11 is 0. The van der Waals surface area contributed by atoms with E-state index in [1.807, 2.05) is 48.5 Å². The summed E-state index contributed by atoms with van der Waals surface area (Å²) in [6.07, 6.45) is 13.5.